The first-order chi connectivity index (χ1) is 12.0. The molecule has 0 amide bonds. The van der Waals surface area contributed by atoms with Crippen molar-refractivity contribution in [1.29, 1.82) is 0 Å². The number of hydrogen-bond donors (Lipinski definition) is 3. The standard InChI is InChI=1S/C19H18O6/c1-9-2-3-10(6-14(9)21)17-12-8-24-18(16(12)19(23)25-17)11-4-5-13(20)15(22)7-11/h2-7,12,16-18,20-22H,8H2,1H3/t12-,16-,17+,18+/m0/s1. The number of cyclic esters (lactones) is 1. The first-order valence-corrected chi connectivity index (χ1v) is 8.09. The highest BCUT2D eigenvalue weighted by atomic mass is 16.6. The highest BCUT2D eigenvalue weighted by molar-refractivity contribution is 5.77. The van der Waals surface area contributed by atoms with E-state index in [1.807, 2.05) is 6.07 Å². The molecular formula is C19H18O6. The van der Waals surface area contributed by atoms with Gasteiger partial charge in [-0.1, -0.05) is 18.2 Å². The second kappa shape index (κ2) is 5.67. The van der Waals surface area contributed by atoms with E-state index in [-0.39, 0.29) is 29.1 Å². The Hall–Kier alpha value is -2.73. The predicted octanol–water partition coefficient (Wildman–Crippen LogP) is 2.71. The first kappa shape index (κ1) is 15.8. The summed E-state index contributed by atoms with van der Waals surface area (Å²) in [7, 11) is 0. The number of ether oxygens (including phenoxy) is 2. The number of rotatable bonds is 2. The summed E-state index contributed by atoms with van der Waals surface area (Å²) in [5.41, 5.74) is 2.11. The summed E-state index contributed by atoms with van der Waals surface area (Å²) in [5.74, 6) is -1.33. The molecule has 0 unspecified atom stereocenters. The summed E-state index contributed by atoms with van der Waals surface area (Å²) in [4.78, 5) is 12.5. The molecule has 4 rings (SSSR count). The number of fused-ring (bicyclic) bond motifs is 1. The van der Waals surface area contributed by atoms with E-state index in [1.54, 1.807) is 25.1 Å². The van der Waals surface area contributed by atoms with Crippen molar-refractivity contribution in [1.82, 2.24) is 0 Å². The molecule has 2 heterocycles. The lowest BCUT2D eigenvalue weighted by Crippen LogP contribution is -2.17. The Morgan fingerprint density at radius 3 is 2.32 bits per heavy atom. The molecule has 4 atom stereocenters. The maximum absolute atomic E-state index is 12.5. The van der Waals surface area contributed by atoms with Crippen LogP contribution >= 0.6 is 0 Å². The van der Waals surface area contributed by atoms with Crippen LogP contribution in [0.5, 0.6) is 17.2 Å². The molecule has 130 valence electrons. The van der Waals surface area contributed by atoms with Gasteiger partial charge >= 0.3 is 5.97 Å². The molecule has 2 aromatic rings. The van der Waals surface area contributed by atoms with Gasteiger partial charge in [0.1, 0.15) is 11.9 Å². The molecule has 6 heteroatoms. The van der Waals surface area contributed by atoms with Gasteiger partial charge in [0.25, 0.3) is 0 Å². The second-order valence-corrected chi connectivity index (χ2v) is 6.60. The van der Waals surface area contributed by atoms with E-state index >= 15 is 0 Å². The maximum atomic E-state index is 12.5. The number of benzene rings is 2. The van der Waals surface area contributed by atoms with Crippen molar-refractivity contribution >= 4 is 5.97 Å². The molecule has 2 fully saturated rings. The van der Waals surface area contributed by atoms with Crippen LogP contribution < -0.4 is 0 Å². The van der Waals surface area contributed by atoms with E-state index in [1.165, 1.54) is 12.1 Å². The van der Waals surface area contributed by atoms with Gasteiger partial charge in [-0.05, 0) is 41.8 Å². The summed E-state index contributed by atoms with van der Waals surface area (Å²) < 4.78 is 11.4. The number of esters is 1. The maximum Gasteiger partial charge on any atom is 0.313 e. The van der Waals surface area contributed by atoms with Gasteiger partial charge < -0.3 is 24.8 Å². The highest BCUT2D eigenvalue weighted by Gasteiger charge is 2.54. The number of phenols is 3. The quantitative estimate of drug-likeness (QED) is 0.574. The molecule has 25 heavy (non-hydrogen) atoms. The lowest BCUT2D eigenvalue weighted by Gasteiger charge is -2.16. The van der Waals surface area contributed by atoms with Crippen LogP contribution in [0.2, 0.25) is 0 Å². The summed E-state index contributed by atoms with van der Waals surface area (Å²) in [6.07, 6.45) is -1.01. The Morgan fingerprint density at radius 1 is 0.920 bits per heavy atom. The van der Waals surface area contributed by atoms with Crippen molar-refractivity contribution in [3.8, 4) is 17.2 Å². The van der Waals surface area contributed by atoms with Gasteiger partial charge in [-0.15, -0.1) is 0 Å². The lowest BCUT2D eigenvalue weighted by molar-refractivity contribution is -0.148. The van der Waals surface area contributed by atoms with Crippen molar-refractivity contribution in [2.45, 2.75) is 19.1 Å². The van der Waals surface area contributed by atoms with Gasteiger partial charge in [0.15, 0.2) is 11.5 Å². The third-order valence-electron chi connectivity index (χ3n) is 5.05. The third kappa shape index (κ3) is 2.49. The minimum absolute atomic E-state index is 0.163. The Kier molecular flexibility index (Phi) is 3.58. The SMILES string of the molecule is Cc1ccc([C@H]2OC(=O)[C@H]3[C@@H]2CO[C@@H]3c2ccc(O)c(O)c2)cc1O. The fourth-order valence-electron chi connectivity index (χ4n) is 3.65. The normalized spacial score (nSPS) is 28.0. The number of carbonyl (C=O) groups excluding carboxylic acids is 1. The predicted molar refractivity (Wildman–Crippen MR) is 87.1 cm³/mol. The van der Waals surface area contributed by atoms with Gasteiger partial charge in [0.2, 0.25) is 0 Å². The van der Waals surface area contributed by atoms with E-state index in [4.69, 9.17) is 9.47 Å². The first-order valence-electron chi connectivity index (χ1n) is 8.09. The van der Waals surface area contributed by atoms with Crippen LogP contribution in [0.4, 0.5) is 0 Å². The number of carbonyl (C=O) groups is 1. The highest BCUT2D eigenvalue weighted by Crippen LogP contribution is 2.51. The van der Waals surface area contributed by atoms with Crippen LogP contribution in [0, 0.1) is 18.8 Å². The number of aromatic hydroxyl groups is 3. The van der Waals surface area contributed by atoms with Crippen LogP contribution in [-0.4, -0.2) is 27.9 Å². The molecule has 2 saturated heterocycles. The smallest absolute Gasteiger partial charge is 0.313 e. The van der Waals surface area contributed by atoms with Crippen LogP contribution in [0.3, 0.4) is 0 Å². The summed E-state index contributed by atoms with van der Waals surface area (Å²) in [5, 5.41) is 29.1. The molecule has 0 radical (unpaired) electrons. The zero-order valence-corrected chi connectivity index (χ0v) is 13.5. The van der Waals surface area contributed by atoms with E-state index in [0.717, 1.165) is 11.1 Å². The molecule has 0 aromatic heterocycles. The molecule has 3 N–H and O–H groups in total. The lowest BCUT2D eigenvalue weighted by atomic mass is 9.84. The largest absolute Gasteiger partial charge is 0.508 e. The van der Waals surface area contributed by atoms with Gasteiger partial charge in [-0.25, -0.2) is 0 Å². The van der Waals surface area contributed by atoms with E-state index < -0.39 is 18.1 Å². The van der Waals surface area contributed by atoms with Gasteiger partial charge in [-0.2, -0.15) is 0 Å². The van der Waals surface area contributed by atoms with Crippen molar-refractivity contribution in [3.63, 3.8) is 0 Å². The van der Waals surface area contributed by atoms with Gasteiger partial charge in [0.05, 0.1) is 18.6 Å². The zero-order chi connectivity index (χ0) is 17.7. The number of phenolic OH excluding ortho intramolecular Hbond substituents is 3. The minimum Gasteiger partial charge on any atom is -0.508 e. The summed E-state index contributed by atoms with van der Waals surface area (Å²) in [6.45, 7) is 2.14. The van der Waals surface area contributed by atoms with E-state index in [2.05, 4.69) is 0 Å². The topological polar surface area (TPSA) is 96.2 Å². The van der Waals surface area contributed by atoms with E-state index in [9.17, 15) is 20.1 Å². The average molecular weight is 342 g/mol. The zero-order valence-electron chi connectivity index (χ0n) is 13.5. The third-order valence-corrected chi connectivity index (χ3v) is 5.05. The Morgan fingerprint density at radius 2 is 1.60 bits per heavy atom. The van der Waals surface area contributed by atoms with Gasteiger partial charge in [0, 0.05) is 5.92 Å². The molecule has 2 aliphatic heterocycles. The van der Waals surface area contributed by atoms with Gasteiger partial charge in [-0.3, -0.25) is 4.79 Å². The van der Waals surface area contributed by atoms with Crippen molar-refractivity contribution in [2.24, 2.45) is 11.8 Å². The fraction of sp³-hybridized carbons (Fsp3) is 0.316. The molecule has 2 aromatic carbocycles. The summed E-state index contributed by atoms with van der Waals surface area (Å²) in [6, 6.07) is 9.65. The number of aryl methyl sites for hydroxylation is 1. The van der Waals surface area contributed by atoms with Crippen molar-refractivity contribution in [3.05, 3.63) is 53.1 Å². The molecule has 2 aliphatic rings. The van der Waals surface area contributed by atoms with E-state index in [0.29, 0.717) is 12.2 Å². The fourth-order valence-corrected chi connectivity index (χ4v) is 3.65. The Bertz CT molecular complexity index is 796. The Labute approximate surface area is 144 Å². The monoisotopic (exact) mass is 342 g/mol. The molecule has 0 saturated carbocycles. The van der Waals surface area contributed by atoms with Crippen LogP contribution in [0.15, 0.2) is 36.4 Å². The average Bonchev–Trinajstić information content (AvgIpc) is 3.15. The van der Waals surface area contributed by atoms with Crippen molar-refractivity contribution < 1.29 is 29.6 Å². The molecule has 0 bridgehead atoms. The van der Waals surface area contributed by atoms with Crippen LogP contribution in [-0.2, 0) is 14.3 Å². The van der Waals surface area contributed by atoms with Crippen LogP contribution in [0.25, 0.3) is 0 Å². The molecule has 0 aliphatic carbocycles. The molecule has 0 spiro atoms. The summed E-state index contributed by atoms with van der Waals surface area (Å²) >= 11 is 0. The Balaban J connectivity index is 1.65. The minimum atomic E-state index is -0.534. The molecule has 6 nitrogen and oxygen atoms in total. The second-order valence-electron chi connectivity index (χ2n) is 6.60. The van der Waals surface area contributed by atoms with Crippen molar-refractivity contribution in [2.75, 3.05) is 6.61 Å². The van der Waals surface area contributed by atoms with Crippen LogP contribution in [0.1, 0.15) is 28.9 Å². The molecular weight excluding hydrogens is 324 g/mol. The number of hydrogen-bond acceptors (Lipinski definition) is 6.